The number of hydrogen-bond donors (Lipinski definition) is 2. The van der Waals surface area contributed by atoms with Crippen molar-refractivity contribution in [2.45, 2.75) is 49.2 Å². The normalized spacial score (nSPS) is 22.4. The number of nitrogens with zero attached hydrogens (tertiary/aromatic N) is 5. The van der Waals surface area contributed by atoms with Crippen LogP contribution >= 0.6 is 0 Å². The first-order chi connectivity index (χ1) is 37.6. The number of imide groups is 1. The first-order valence-electron chi connectivity index (χ1n) is 25.4. The summed E-state index contributed by atoms with van der Waals surface area (Å²) in [5, 5.41) is 30.9. The Morgan fingerprint density at radius 1 is 0.753 bits per heavy atom. The van der Waals surface area contributed by atoms with E-state index in [0.29, 0.717) is 59.1 Å². The Hall–Kier alpha value is -8.60. The number of amides is 3. The zero-order valence-electron chi connectivity index (χ0n) is 41.6. The third-order valence-electron chi connectivity index (χ3n) is 15.0. The number of aliphatic hydroxyl groups excluding tert-OH is 2. The molecule has 6 aromatic rings. The van der Waals surface area contributed by atoms with Crippen LogP contribution in [0, 0.1) is 27.9 Å². The van der Waals surface area contributed by atoms with Gasteiger partial charge >= 0.3 is 12.1 Å². The molecule has 3 amide bonds. The Labute approximate surface area is 443 Å². The van der Waals surface area contributed by atoms with E-state index in [4.69, 9.17) is 23.7 Å². The number of ether oxygens (including phenoxy) is 5. The molecule has 11 rings (SSSR count). The van der Waals surface area contributed by atoms with Crippen molar-refractivity contribution in [1.29, 1.82) is 0 Å². The van der Waals surface area contributed by atoms with Crippen molar-refractivity contribution >= 4 is 35.3 Å². The highest BCUT2D eigenvalue weighted by atomic mass is 16.7. The molecule has 0 saturated carbocycles. The summed E-state index contributed by atoms with van der Waals surface area (Å²) in [7, 11) is 0. The van der Waals surface area contributed by atoms with E-state index in [-0.39, 0.29) is 69.7 Å². The lowest BCUT2D eigenvalue weighted by atomic mass is 9.65. The van der Waals surface area contributed by atoms with Gasteiger partial charge in [-0.3, -0.25) is 34.3 Å². The van der Waals surface area contributed by atoms with E-state index in [2.05, 4.69) is 16.7 Å². The van der Waals surface area contributed by atoms with Crippen LogP contribution in [-0.2, 0) is 42.4 Å². The Kier molecular flexibility index (Phi) is 14.2. The van der Waals surface area contributed by atoms with Crippen LogP contribution in [0.3, 0.4) is 0 Å². The number of nitro groups is 1. The number of anilines is 1. The molecule has 3 saturated heterocycles. The maximum Gasteiger partial charge on any atom is 0.421 e. The van der Waals surface area contributed by atoms with Gasteiger partial charge in [-0.2, -0.15) is 0 Å². The summed E-state index contributed by atoms with van der Waals surface area (Å²) in [6.45, 7) is 1.20. The SMILES string of the molecule is O=C1OC(c2ccccc2)C(c2ccccc2)N2C1C(C(=O)N1CCN(Cc3ccc4c(c3)OCO4)CC1)C1(C(=O)N(C(=O)OCc3ccc([N+](=O)[O-])cc3)c3ccc(C#CCCO)cc31)C2c1ccc(OCCO)cc1. The summed E-state index contributed by atoms with van der Waals surface area (Å²) < 4.78 is 29.6. The average molecular weight is 1040 g/mol. The van der Waals surface area contributed by atoms with Gasteiger partial charge in [0.15, 0.2) is 11.5 Å². The minimum absolute atomic E-state index is 0.00498. The van der Waals surface area contributed by atoms with Crippen molar-refractivity contribution in [3.63, 3.8) is 0 Å². The van der Waals surface area contributed by atoms with E-state index in [1.54, 1.807) is 47.4 Å². The third-order valence-corrected chi connectivity index (χ3v) is 15.0. The number of carbonyl (C=O) groups excluding carboxylic acids is 4. The number of cyclic esters (lactones) is 1. The van der Waals surface area contributed by atoms with Crippen LogP contribution in [0.5, 0.6) is 17.2 Å². The number of aliphatic hydroxyl groups is 2. The van der Waals surface area contributed by atoms with Crippen LogP contribution in [0.2, 0.25) is 0 Å². The number of esters is 1. The molecule has 0 radical (unpaired) electrons. The van der Waals surface area contributed by atoms with Crippen molar-refractivity contribution in [1.82, 2.24) is 14.7 Å². The molecule has 392 valence electrons. The summed E-state index contributed by atoms with van der Waals surface area (Å²) in [5.41, 5.74) is 1.76. The third kappa shape index (κ3) is 9.37. The van der Waals surface area contributed by atoms with Gasteiger partial charge in [-0.25, -0.2) is 9.69 Å². The van der Waals surface area contributed by atoms with Gasteiger partial charge in [0, 0.05) is 56.8 Å². The molecule has 2 N–H and O–H groups in total. The van der Waals surface area contributed by atoms with E-state index in [0.717, 1.165) is 16.0 Å². The van der Waals surface area contributed by atoms with Crippen molar-refractivity contribution in [3.8, 4) is 29.1 Å². The average Bonchev–Trinajstić information content (AvgIpc) is 3.58. The molecule has 5 aliphatic heterocycles. The maximum absolute atomic E-state index is 16.8. The number of benzene rings is 6. The van der Waals surface area contributed by atoms with Gasteiger partial charge in [-0.05, 0) is 88.0 Å². The lowest BCUT2D eigenvalue weighted by Gasteiger charge is -2.46. The van der Waals surface area contributed by atoms with Gasteiger partial charge in [0.05, 0.1) is 41.8 Å². The molecular weight excluding hydrogens is 987 g/mol. The van der Waals surface area contributed by atoms with Crippen LogP contribution in [0.25, 0.3) is 0 Å². The van der Waals surface area contributed by atoms with Crippen LogP contribution < -0.4 is 19.1 Å². The number of nitro benzene ring substituents is 1. The van der Waals surface area contributed by atoms with E-state index >= 15 is 14.4 Å². The molecule has 77 heavy (non-hydrogen) atoms. The van der Waals surface area contributed by atoms with Gasteiger partial charge in [-0.1, -0.05) is 90.7 Å². The second kappa shape index (κ2) is 21.6. The number of piperazine rings is 1. The van der Waals surface area contributed by atoms with E-state index in [1.165, 1.54) is 24.3 Å². The number of fused-ring (bicyclic) bond motifs is 4. The molecule has 18 heteroatoms. The molecular formula is C59H53N5O13. The maximum atomic E-state index is 16.8. The number of non-ortho nitro benzene ring substituents is 1. The number of rotatable bonds is 13. The Balaban J connectivity index is 1.10. The van der Waals surface area contributed by atoms with Crippen LogP contribution in [0.4, 0.5) is 16.2 Å². The van der Waals surface area contributed by atoms with Gasteiger partial charge in [0.25, 0.3) is 5.69 Å². The molecule has 18 nitrogen and oxygen atoms in total. The summed E-state index contributed by atoms with van der Waals surface area (Å²) in [4.78, 5) is 81.5. The Morgan fingerprint density at radius 3 is 2.16 bits per heavy atom. The Bertz CT molecular complexity index is 3270. The van der Waals surface area contributed by atoms with Crippen LogP contribution in [-0.4, -0.2) is 113 Å². The fourth-order valence-corrected chi connectivity index (χ4v) is 11.6. The second-order valence-electron chi connectivity index (χ2n) is 19.3. The molecule has 3 fully saturated rings. The predicted octanol–water partition coefficient (Wildman–Crippen LogP) is 6.78. The standard InChI is InChI=1S/C59H53N5O13/c65-30-8-7-9-38-16-24-47-46(33-38)59(57(69)62(47)58(70)74-36-39-14-20-44(21-15-39)64(71)72)50(55(67)61-28-26-60(27-29-61)35-40-17-25-48-49(34-40)76-37-75-48)52-56(68)77-53(42-12-5-2-6-13-42)51(41-10-3-1-4-11-41)63(52)54(59)43-18-22-45(23-19-43)73-32-31-66/h1-6,10-25,33-34,50-54,65-66H,8,26-32,35-37H2. The van der Waals surface area contributed by atoms with E-state index in [9.17, 15) is 25.1 Å². The topological polar surface area (TPSA) is 211 Å². The first-order valence-corrected chi connectivity index (χ1v) is 25.4. The van der Waals surface area contributed by atoms with Gasteiger partial charge in [0.1, 0.15) is 36.5 Å². The zero-order chi connectivity index (χ0) is 53.2. The highest BCUT2D eigenvalue weighted by molar-refractivity contribution is 6.23. The van der Waals surface area contributed by atoms with Crippen molar-refractivity contribution < 1.29 is 58.0 Å². The zero-order valence-corrected chi connectivity index (χ0v) is 41.6. The number of morpholine rings is 1. The van der Waals surface area contributed by atoms with Crippen molar-refractivity contribution in [2.75, 3.05) is 57.7 Å². The van der Waals surface area contributed by atoms with Crippen LogP contribution in [0.15, 0.2) is 146 Å². The van der Waals surface area contributed by atoms with Gasteiger partial charge < -0.3 is 38.8 Å². The molecule has 0 bridgehead atoms. The van der Waals surface area contributed by atoms with Gasteiger partial charge in [0.2, 0.25) is 18.6 Å². The lowest BCUT2D eigenvalue weighted by Crippen LogP contribution is -2.59. The van der Waals surface area contributed by atoms with Crippen molar-refractivity contribution in [2.24, 2.45) is 5.92 Å². The fourth-order valence-electron chi connectivity index (χ4n) is 11.6. The van der Waals surface area contributed by atoms with E-state index < -0.39 is 64.4 Å². The molecule has 1 spiro atoms. The summed E-state index contributed by atoms with van der Waals surface area (Å²) in [5.74, 6) is 4.17. The molecule has 0 aromatic heterocycles. The predicted molar refractivity (Wildman–Crippen MR) is 277 cm³/mol. The molecule has 6 atom stereocenters. The smallest absolute Gasteiger partial charge is 0.421 e. The van der Waals surface area contributed by atoms with E-state index in [1.807, 2.05) is 83.8 Å². The molecule has 6 aromatic carbocycles. The summed E-state index contributed by atoms with van der Waals surface area (Å²) in [6.07, 6.45) is -1.91. The molecule has 6 unspecified atom stereocenters. The minimum atomic E-state index is -2.10. The fraction of sp³-hybridized carbons (Fsp3) is 0.288. The van der Waals surface area contributed by atoms with Crippen LogP contribution in [0.1, 0.15) is 63.6 Å². The lowest BCUT2D eigenvalue weighted by molar-refractivity contribution is -0.384. The number of hydrogen-bond acceptors (Lipinski definition) is 15. The summed E-state index contributed by atoms with van der Waals surface area (Å²) >= 11 is 0. The minimum Gasteiger partial charge on any atom is -0.491 e. The van der Waals surface area contributed by atoms with Crippen molar-refractivity contribution in [3.05, 3.63) is 195 Å². The molecule has 5 heterocycles. The largest absolute Gasteiger partial charge is 0.491 e. The number of carbonyl (C=O) groups is 4. The second-order valence-corrected chi connectivity index (χ2v) is 19.3. The summed E-state index contributed by atoms with van der Waals surface area (Å²) in [6, 6.07) is 38.4. The highest BCUT2D eigenvalue weighted by Crippen LogP contribution is 2.66. The Morgan fingerprint density at radius 2 is 1.45 bits per heavy atom. The molecule has 0 aliphatic carbocycles. The van der Waals surface area contributed by atoms with Gasteiger partial charge in [-0.15, -0.1) is 0 Å². The quantitative estimate of drug-likeness (QED) is 0.0529. The first kappa shape index (κ1) is 50.6. The highest BCUT2D eigenvalue weighted by Gasteiger charge is 2.76. The molecule has 5 aliphatic rings. The monoisotopic (exact) mass is 1040 g/mol.